The highest BCUT2D eigenvalue weighted by molar-refractivity contribution is 7.99. The lowest BCUT2D eigenvalue weighted by Gasteiger charge is -2.31. The van der Waals surface area contributed by atoms with Crippen LogP contribution in [0.25, 0.3) is 0 Å². The van der Waals surface area contributed by atoms with Crippen molar-refractivity contribution in [2.45, 2.75) is 42.7 Å². The third-order valence-corrected chi connectivity index (χ3v) is 8.13. The van der Waals surface area contributed by atoms with Crippen LogP contribution in [0.1, 0.15) is 38.2 Å². The van der Waals surface area contributed by atoms with Gasteiger partial charge in [0, 0.05) is 31.3 Å². The molecule has 0 unspecified atom stereocenters. The van der Waals surface area contributed by atoms with Crippen LogP contribution < -0.4 is 10.1 Å². The first-order valence-corrected chi connectivity index (χ1v) is 12.7. The van der Waals surface area contributed by atoms with E-state index in [0.717, 1.165) is 5.56 Å². The third kappa shape index (κ3) is 5.78. The van der Waals surface area contributed by atoms with Gasteiger partial charge in [-0.15, -0.1) is 0 Å². The van der Waals surface area contributed by atoms with Gasteiger partial charge >= 0.3 is 0 Å². The maximum atomic E-state index is 13.3. The van der Waals surface area contributed by atoms with Crippen molar-refractivity contribution in [2.24, 2.45) is 5.92 Å². The Bertz CT molecular complexity index is 971. The van der Waals surface area contributed by atoms with Gasteiger partial charge < -0.3 is 10.1 Å². The number of benzene rings is 1. The summed E-state index contributed by atoms with van der Waals surface area (Å²) in [6.07, 6.45) is 2.43. The number of sulfonamides is 1. The fourth-order valence-corrected chi connectivity index (χ4v) is 5.78. The number of aromatic amines is 1. The summed E-state index contributed by atoms with van der Waals surface area (Å²) in [5.41, 5.74) is 0.942. The maximum Gasteiger partial charge on any atom is 0.246 e. The molecule has 0 atom stereocenters. The first-order chi connectivity index (χ1) is 14.8. The van der Waals surface area contributed by atoms with E-state index in [1.165, 1.54) is 29.5 Å². The van der Waals surface area contributed by atoms with Crippen molar-refractivity contribution >= 4 is 27.7 Å². The highest BCUT2D eigenvalue weighted by Crippen LogP contribution is 2.32. The Hall–Kier alpha value is -2.11. The van der Waals surface area contributed by atoms with Gasteiger partial charge in [0.1, 0.15) is 17.0 Å². The Morgan fingerprint density at radius 2 is 2.10 bits per heavy atom. The summed E-state index contributed by atoms with van der Waals surface area (Å²) in [7, 11) is -2.23. The molecule has 1 saturated heterocycles. The number of aromatic nitrogens is 3. The second-order valence-corrected chi connectivity index (χ2v) is 10.7. The van der Waals surface area contributed by atoms with Gasteiger partial charge in [-0.1, -0.05) is 31.7 Å². The molecule has 1 aromatic heterocycles. The number of hydrogen-bond acceptors (Lipinski definition) is 7. The van der Waals surface area contributed by atoms with Crippen LogP contribution in [0.4, 0.5) is 0 Å². The first kappa shape index (κ1) is 23.6. The molecule has 0 aliphatic carbocycles. The standard InChI is InChI=1S/C20H29N5O4S2/c1-14(2)16-4-5-17(29-3)18(12-16)31(27,28)25-9-6-15(7-10-25)19(26)21-8-11-30-20-22-13-23-24-20/h4-5,12-15H,6-11H2,1-3H3,(H,21,26)(H,22,23,24). The van der Waals surface area contributed by atoms with Gasteiger partial charge in [0.2, 0.25) is 15.9 Å². The molecular formula is C20H29N5O4S2. The normalized spacial score (nSPS) is 15.9. The average Bonchev–Trinajstić information content (AvgIpc) is 3.29. The minimum atomic E-state index is -3.70. The number of thioether (sulfide) groups is 1. The van der Waals surface area contributed by atoms with Crippen LogP contribution in [0.3, 0.4) is 0 Å². The Morgan fingerprint density at radius 3 is 2.71 bits per heavy atom. The van der Waals surface area contributed by atoms with Crippen LogP contribution in [0.5, 0.6) is 5.75 Å². The fraction of sp³-hybridized carbons (Fsp3) is 0.550. The molecule has 0 radical (unpaired) electrons. The third-order valence-electron chi connectivity index (χ3n) is 5.33. The predicted octanol–water partition coefficient (Wildman–Crippen LogP) is 2.25. The van der Waals surface area contributed by atoms with Crippen molar-refractivity contribution in [3.8, 4) is 5.75 Å². The molecule has 1 fully saturated rings. The summed E-state index contributed by atoms with van der Waals surface area (Å²) in [6, 6.07) is 5.29. The highest BCUT2D eigenvalue weighted by Gasteiger charge is 2.33. The number of carbonyl (C=O) groups excluding carboxylic acids is 1. The Labute approximate surface area is 187 Å². The van der Waals surface area contributed by atoms with Gasteiger partial charge in [-0.25, -0.2) is 13.4 Å². The molecule has 0 spiro atoms. The summed E-state index contributed by atoms with van der Waals surface area (Å²) in [4.78, 5) is 16.7. The topological polar surface area (TPSA) is 117 Å². The maximum absolute atomic E-state index is 13.3. The minimum absolute atomic E-state index is 0.0328. The summed E-state index contributed by atoms with van der Waals surface area (Å²) in [5.74, 6) is 1.01. The number of nitrogens with zero attached hydrogens (tertiary/aromatic N) is 3. The van der Waals surface area contributed by atoms with Crippen LogP contribution >= 0.6 is 11.8 Å². The Morgan fingerprint density at radius 1 is 1.35 bits per heavy atom. The van der Waals surface area contributed by atoms with Crippen molar-refractivity contribution in [1.29, 1.82) is 0 Å². The number of ether oxygens (including phenoxy) is 1. The van der Waals surface area contributed by atoms with Crippen LogP contribution in [-0.4, -0.2) is 66.3 Å². The molecule has 1 aliphatic rings. The molecule has 2 N–H and O–H groups in total. The fourth-order valence-electron chi connectivity index (χ4n) is 3.48. The van der Waals surface area contributed by atoms with Gasteiger partial charge in [0.15, 0.2) is 5.16 Å². The monoisotopic (exact) mass is 467 g/mol. The lowest BCUT2D eigenvalue weighted by Crippen LogP contribution is -2.43. The van der Waals surface area contributed by atoms with E-state index < -0.39 is 10.0 Å². The zero-order valence-electron chi connectivity index (χ0n) is 18.0. The predicted molar refractivity (Wildman–Crippen MR) is 119 cm³/mol. The summed E-state index contributed by atoms with van der Waals surface area (Å²) in [6.45, 7) is 5.17. The molecule has 2 aromatic rings. The zero-order chi connectivity index (χ0) is 22.4. The molecule has 1 aromatic carbocycles. The molecular weight excluding hydrogens is 438 g/mol. The summed E-state index contributed by atoms with van der Waals surface area (Å²) >= 11 is 1.48. The van der Waals surface area contributed by atoms with Crippen molar-refractivity contribution in [2.75, 3.05) is 32.5 Å². The Balaban J connectivity index is 1.56. The van der Waals surface area contributed by atoms with E-state index in [2.05, 4.69) is 20.5 Å². The van der Waals surface area contributed by atoms with Crippen LogP contribution in [0.15, 0.2) is 34.6 Å². The molecule has 170 valence electrons. The van der Waals surface area contributed by atoms with E-state index in [0.29, 0.717) is 49.1 Å². The lowest BCUT2D eigenvalue weighted by molar-refractivity contribution is -0.125. The van der Waals surface area contributed by atoms with Crippen molar-refractivity contribution in [1.82, 2.24) is 24.8 Å². The number of hydrogen-bond donors (Lipinski definition) is 2. The van der Waals surface area contributed by atoms with E-state index in [4.69, 9.17) is 4.74 Å². The average molecular weight is 468 g/mol. The van der Waals surface area contributed by atoms with Crippen LogP contribution in [-0.2, 0) is 14.8 Å². The van der Waals surface area contributed by atoms with Crippen molar-refractivity contribution in [3.05, 3.63) is 30.1 Å². The second-order valence-electron chi connectivity index (χ2n) is 7.67. The molecule has 1 aliphatic heterocycles. The molecule has 0 saturated carbocycles. The summed E-state index contributed by atoms with van der Waals surface area (Å²) in [5, 5.41) is 10.2. The molecule has 31 heavy (non-hydrogen) atoms. The number of amides is 1. The first-order valence-electron chi connectivity index (χ1n) is 10.3. The van der Waals surface area contributed by atoms with Gasteiger partial charge in [-0.05, 0) is 36.5 Å². The SMILES string of the molecule is COc1ccc(C(C)C)cc1S(=O)(=O)N1CCC(C(=O)NCCSc2ncn[nH]2)CC1. The van der Waals surface area contributed by atoms with Crippen molar-refractivity contribution in [3.63, 3.8) is 0 Å². The van der Waals surface area contributed by atoms with Crippen molar-refractivity contribution < 1.29 is 17.9 Å². The molecule has 2 heterocycles. The van der Waals surface area contributed by atoms with Crippen LogP contribution in [0.2, 0.25) is 0 Å². The molecule has 3 rings (SSSR count). The quantitative estimate of drug-likeness (QED) is 0.429. The van der Waals surface area contributed by atoms with Crippen LogP contribution in [0, 0.1) is 5.92 Å². The number of rotatable bonds is 9. The molecule has 9 nitrogen and oxygen atoms in total. The van der Waals surface area contributed by atoms with E-state index in [9.17, 15) is 13.2 Å². The van der Waals surface area contributed by atoms with E-state index >= 15 is 0 Å². The largest absolute Gasteiger partial charge is 0.495 e. The number of carbonyl (C=O) groups is 1. The van der Waals surface area contributed by atoms with E-state index in [1.807, 2.05) is 19.9 Å². The smallest absolute Gasteiger partial charge is 0.246 e. The van der Waals surface area contributed by atoms with Gasteiger partial charge in [-0.3, -0.25) is 9.89 Å². The number of piperidine rings is 1. The van der Waals surface area contributed by atoms with Gasteiger partial charge in [0.25, 0.3) is 0 Å². The zero-order valence-corrected chi connectivity index (χ0v) is 19.6. The highest BCUT2D eigenvalue weighted by atomic mass is 32.2. The van der Waals surface area contributed by atoms with Gasteiger partial charge in [0.05, 0.1) is 7.11 Å². The molecule has 0 bridgehead atoms. The summed E-state index contributed by atoms with van der Waals surface area (Å²) < 4.78 is 33.3. The molecule has 1 amide bonds. The van der Waals surface area contributed by atoms with Gasteiger partial charge in [-0.2, -0.15) is 9.40 Å². The lowest BCUT2D eigenvalue weighted by atomic mass is 9.97. The second kappa shape index (κ2) is 10.5. The number of H-pyrrole nitrogens is 1. The number of methoxy groups -OCH3 is 1. The van der Waals surface area contributed by atoms with E-state index in [-0.39, 0.29) is 22.6 Å². The minimum Gasteiger partial charge on any atom is -0.495 e. The Kier molecular flexibility index (Phi) is 7.95. The number of nitrogens with one attached hydrogen (secondary N) is 2. The molecule has 11 heteroatoms. The van der Waals surface area contributed by atoms with E-state index in [1.54, 1.807) is 12.1 Å².